The Morgan fingerprint density at radius 1 is 0.968 bits per heavy atom. The molecule has 0 spiro atoms. The fraction of sp³-hybridized carbons (Fsp3) is 0.409. The maximum Gasteiger partial charge on any atom is 0.416 e. The molecule has 1 heterocycles. The first-order chi connectivity index (χ1) is 14.4. The Morgan fingerprint density at radius 2 is 1.52 bits per heavy atom. The van der Waals surface area contributed by atoms with Gasteiger partial charge in [0.15, 0.2) is 0 Å². The number of nitrogens with zero attached hydrogens (tertiary/aromatic N) is 1. The van der Waals surface area contributed by atoms with Crippen LogP contribution < -0.4 is 5.32 Å². The molecule has 0 saturated carbocycles. The number of piperidine rings is 1. The van der Waals surface area contributed by atoms with Crippen molar-refractivity contribution in [2.45, 2.75) is 37.7 Å². The second-order valence-corrected chi connectivity index (χ2v) is 7.79. The average Bonchev–Trinajstić information content (AvgIpc) is 2.71. The van der Waals surface area contributed by atoms with E-state index >= 15 is 0 Å². The van der Waals surface area contributed by atoms with Crippen LogP contribution in [0.4, 0.5) is 26.3 Å². The number of hydrogen-bond acceptors (Lipinski definition) is 2. The van der Waals surface area contributed by atoms with Crippen molar-refractivity contribution in [1.29, 1.82) is 0 Å². The largest absolute Gasteiger partial charge is 0.416 e. The average molecular weight is 444 g/mol. The molecule has 2 aromatic rings. The molecule has 0 aliphatic carbocycles. The molecule has 3 nitrogen and oxygen atoms in total. The maximum atomic E-state index is 13.2. The van der Waals surface area contributed by atoms with Crippen molar-refractivity contribution in [3.8, 4) is 0 Å². The molecule has 1 fully saturated rings. The van der Waals surface area contributed by atoms with Gasteiger partial charge >= 0.3 is 12.4 Å². The summed E-state index contributed by atoms with van der Waals surface area (Å²) in [5, 5.41) is 3.23. The van der Waals surface area contributed by atoms with Crippen LogP contribution in [0.2, 0.25) is 0 Å². The zero-order valence-corrected chi connectivity index (χ0v) is 16.9. The molecule has 0 bridgehead atoms. The highest BCUT2D eigenvalue weighted by atomic mass is 19.4. The summed E-state index contributed by atoms with van der Waals surface area (Å²) < 4.78 is 79.0. The first kappa shape index (κ1) is 23.1. The number of rotatable bonds is 3. The van der Waals surface area contributed by atoms with E-state index in [2.05, 4.69) is 5.32 Å². The van der Waals surface area contributed by atoms with E-state index in [4.69, 9.17) is 0 Å². The molecule has 1 amide bonds. The lowest BCUT2D eigenvalue weighted by Gasteiger charge is -2.39. The van der Waals surface area contributed by atoms with Crippen LogP contribution >= 0.6 is 0 Å². The van der Waals surface area contributed by atoms with Gasteiger partial charge in [-0.2, -0.15) is 26.3 Å². The minimum atomic E-state index is -5.01. The lowest BCUT2D eigenvalue weighted by Crippen LogP contribution is -2.49. The van der Waals surface area contributed by atoms with Crippen molar-refractivity contribution < 1.29 is 31.1 Å². The third-order valence-corrected chi connectivity index (χ3v) is 5.60. The van der Waals surface area contributed by atoms with E-state index in [1.54, 1.807) is 0 Å². The number of aryl methyl sites for hydroxylation is 1. The smallest absolute Gasteiger partial charge is 0.338 e. The van der Waals surface area contributed by atoms with Gasteiger partial charge in [-0.25, -0.2) is 0 Å². The molecule has 3 rings (SSSR count). The molecule has 9 heteroatoms. The van der Waals surface area contributed by atoms with E-state index in [0.717, 1.165) is 11.1 Å². The Bertz CT molecular complexity index is 904. The molecular weight excluding hydrogens is 422 g/mol. The number of nitrogens with one attached hydrogen (secondary N) is 1. The number of hydrogen-bond donors (Lipinski definition) is 1. The monoisotopic (exact) mass is 444 g/mol. The molecule has 0 radical (unpaired) electrons. The topological polar surface area (TPSA) is 32.3 Å². The van der Waals surface area contributed by atoms with E-state index in [-0.39, 0.29) is 18.0 Å². The molecule has 168 valence electrons. The van der Waals surface area contributed by atoms with Gasteiger partial charge in [0.25, 0.3) is 5.91 Å². The van der Waals surface area contributed by atoms with Gasteiger partial charge in [0.05, 0.1) is 11.1 Å². The molecular formula is C22H22F6N2O. The standard InChI is InChI=1S/C22H22F6N2O/c1-13-3-5-14(6-4-13)18-12-29-8-7-19(18)30(2)20(31)15-9-16(21(23,24)25)11-17(10-15)22(26,27)28/h3-6,9-11,18-19,29H,7-8,12H2,1-2H3/t18-,19+/m0/s1. The van der Waals surface area contributed by atoms with E-state index in [0.29, 0.717) is 31.6 Å². The highest BCUT2D eigenvalue weighted by Crippen LogP contribution is 2.37. The SMILES string of the molecule is Cc1ccc([C@@H]2CNCC[C@H]2N(C)C(=O)c2cc(C(F)(F)F)cc(C(F)(F)F)c2)cc1. The fourth-order valence-corrected chi connectivity index (χ4v) is 3.89. The van der Waals surface area contributed by atoms with Crippen LogP contribution in [0.15, 0.2) is 42.5 Å². The minimum absolute atomic E-state index is 0.0242. The highest BCUT2D eigenvalue weighted by Gasteiger charge is 2.39. The number of carbonyl (C=O) groups is 1. The van der Waals surface area contributed by atoms with E-state index in [1.165, 1.54) is 11.9 Å². The number of carbonyl (C=O) groups excluding carboxylic acids is 1. The summed E-state index contributed by atoms with van der Waals surface area (Å²) >= 11 is 0. The Morgan fingerprint density at radius 3 is 2.03 bits per heavy atom. The first-order valence-corrected chi connectivity index (χ1v) is 9.72. The third kappa shape index (κ3) is 5.20. The van der Waals surface area contributed by atoms with Gasteiger partial charge < -0.3 is 10.2 Å². The second-order valence-electron chi connectivity index (χ2n) is 7.79. The van der Waals surface area contributed by atoms with Gasteiger partial charge in [-0.05, 0) is 43.7 Å². The summed E-state index contributed by atoms with van der Waals surface area (Å²) in [6.45, 7) is 3.06. The first-order valence-electron chi connectivity index (χ1n) is 9.72. The van der Waals surface area contributed by atoms with Crippen molar-refractivity contribution in [3.63, 3.8) is 0 Å². The van der Waals surface area contributed by atoms with Crippen molar-refractivity contribution in [3.05, 3.63) is 70.3 Å². The predicted octanol–water partition coefficient (Wildman–Crippen LogP) is 5.25. The van der Waals surface area contributed by atoms with Crippen LogP contribution in [0, 0.1) is 6.92 Å². The summed E-state index contributed by atoms with van der Waals surface area (Å²) in [5.74, 6) is -1.02. The fourth-order valence-electron chi connectivity index (χ4n) is 3.89. The van der Waals surface area contributed by atoms with Crippen LogP contribution in [0.25, 0.3) is 0 Å². The molecule has 1 N–H and O–H groups in total. The molecule has 1 aliphatic rings. The zero-order chi connectivity index (χ0) is 23.0. The van der Waals surface area contributed by atoms with Crippen molar-refractivity contribution in [2.75, 3.05) is 20.1 Å². The normalized spacial score (nSPS) is 19.9. The number of alkyl halides is 6. The number of benzene rings is 2. The van der Waals surface area contributed by atoms with Gasteiger partial charge in [0.1, 0.15) is 0 Å². The van der Waals surface area contributed by atoms with E-state index in [1.807, 2.05) is 31.2 Å². The van der Waals surface area contributed by atoms with Gasteiger partial charge in [-0.15, -0.1) is 0 Å². The van der Waals surface area contributed by atoms with E-state index in [9.17, 15) is 31.1 Å². The summed E-state index contributed by atoms with van der Waals surface area (Å²) in [7, 11) is 1.42. The third-order valence-electron chi connectivity index (χ3n) is 5.60. The molecule has 1 aliphatic heterocycles. The Balaban J connectivity index is 1.96. The molecule has 0 aromatic heterocycles. The summed E-state index contributed by atoms with van der Waals surface area (Å²) in [5.41, 5.74) is -1.63. The second kappa shape index (κ2) is 8.53. The van der Waals surface area contributed by atoms with Crippen molar-refractivity contribution >= 4 is 5.91 Å². The van der Waals surface area contributed by atoms with E-state index < -0.39 is 35.0 Å². The number of likely N-dealkylation sites (N-methyl/N-ethyl adjacent to an activating group) is 1. The van der Waals surface area contributed by atoms with Gasteiger partial charge in [0.2, 0.25) is 0 Å². The summed E-state index contributed by atoms with van der Waals surface area (Å²) in [4.78, 5) is 14.3. The quantitative estimate of drug-likeness (QED) is 0.656. The molecule has 1 saturated heterocycles. The van der Waals surface area contributed by atoms with Crippen molar-refractivity contribution in [1.82, 2.24) is 10.2 Å². The zero-order valence-electron chi connectivity index (χ0n) is 16.9. The van der Waals surface area contributed by atoms with Gasteiger partial charge in [0, 0.05) is 31.1 Å². The van der Waals surface area contributed by atoms with Crippen LogP contribution in [0.1, 0.15) is 45.0 Å². The summed E-state index contributed by atoms with van der Waals surface area (Å²) in [6, 6.07) is 8.30. The lowest BCUT2D eigenvalue weighted by molar-refractivity contribution is -0.143. The summed E-state index contributed by atoms with van der Waals surface area (Å²) in [6.07, 6.45) is -9.49. The van der Waals surface area contributed by atoms with Crippen molar-refractivity contribution in [2.24, 2.45) is 0 Å². The van der Waals surface area contributed by atoms with Crippen LogP contribution in [-0.2, 0) is 12.4 Å². The van der Waals surface area contributed by atoms with Gasteiger partial charge in [-0.3, -0.25) is 4.79 Å². The number of halogens is 6. The van der Waals surface area contributed by atoms with Crippen LogP contribution in [0.5, 0.6) is 0 Å². The highest BCUT2D eigenvalue weighted by molar-refractivity contribution is 5.94. The minimum Gasteiger partial charge on any atom is -0.338 e. The van der Waals surface area contributed by atoms with Gasteiger partial charge in [-0.1, -0.05) is 29.8 Å². The Labute approximate surface area is 176 Å². The van der Waals surface area contributed by atoms with Crippen LogP contribution in [-0.4, -0.2) is 37.0 Å². The number of amides is 1. The Kier molecular flexibility index (Phi) is 6.36. The molecule has 2 aromatic carbocycles. The molecule has 31 heavy (non-hydrogen) atoms. The maximum absolute atomic E-state index is 13.2. The van der Waals surface area contributed by atoms with Crippen LogP contribution in [0.3, 0.4) is 0 Å². The predicted molar refractivity (Wildman–Crippen MR) is 104 cm³/mol. The lowest BCUT2D eigenvalue weighted by atomic mass is 9.85. The molecule has 0 unspecified atom stereocenters. The Hall–Kier alpha value is -2.55. The molecule has 2 atom stereocenters.